The maximum atomic E-state index is 13.8. The van der Waals surface area contributed by atoms with Gasteiger partial charge in [-0.1, -0.05) is 17.7 Å². The van der Waals surface area contributed by atoms with E-state index in [-0.39, 0.29) is 41.5 Å². The van der Waals surface area contributed by atoms with Gasteiger partial charge in [-0.15, -0.1) is 0 Å². The van der Waals surface area contributed by atoms with Gasteiger partial charge in [-0.05, 0) is 60.7 Å². The minimum atomic E-state index is -5.08. The number of methoxy groups -OCH3 is 1. The third-order valence-corrected chi connectivity index (χ3v) is 8.10. The van der Waals surface area contributed by atoms with E-state index in [0.29, 0.717) is 23.3 Å². The summed E-state index contributed by atoms with van der Waals surface area (Å²) in [4.78, 5) is 42.7. The first-order chi connectivity index (χ1) is 21.6. The van der Waals surface area contributed by atoms with Gasteiger partial charge in [-0.25, -0.2) is 14.2 Å². The van der Waals surface area contributed by atoms with Crippen LogP contribution in [0.2, 0.25) is 0 Å². The second kappa shape index (κ2) is 12.1. The fourth-order valence-corrected chi connectivity index (χ4v) is 6.22. The highest BCUT2D eigenvalue weighted by atomic mass is 19.4. The Bertz CT molecular complexity index is 1740. The molecule has 2 unspecified atom stereocenters. The van der Waals surface area contributed by atoms with Crippen molar-refractivity contribution in [3.8, 4) is 17.0 Å². The molecule has 0 aliphatic heterocycles. The molecule has 3 aromatic rings. The molecule has 2 fully saturated rings. The predicted octanol–water partition coefficient (Wildman–Crippen LogP) is 6.50. The Labute approximate surface area is 256 Å². The molecule has 2 saturated carbocycles. The molecule has 46 heavy (non-hydrogen) atoms. The van der Waals surface area contributed by atoms with Gasteiger partial charge in [0.05, 0.1) is 24.2 Å². The van der Waals surface area contributed by atoms with Crippen molar-refractivity contribution in [1.29, 1.82) is 0 Å². The Morgan fingerprint density at radius 2 is 1.70 bits per heavy atom. The zero-order valence-electron chi connectivity index (χ0n) is 23.7. The van der Waals surface area contributed by atoms with Crippen molar-refractivity contribution < 1.29 is 55.0 Å². The van der Waals surface area contributed by atoms with Gasteiger partial charge in [0.2, 0.25) is 11.8 Å². The van der Waals surface area contributed by atoms with Crippen LogP contribution in [0.1, 0.15) is 39.1 Å². The number of aromatic carboxylic acids is 1. The molecular formula is C31H24F7N3O5. The number of halogens is 7. The maximum absolute atomic E-state index is 13.8. The number of alkyl halides is 6. The predicted molar refractivity (Wildman–Crippen MR) is 148 cm³/mol. The molecule has 1 aromatic heterocycles. The summed E-state index contributed by atoms with van der Waals surface area (Å²) in [5, 5.41) is 14.2. The number of rotatable bonds is 7. The Morgan fingerprint density at radius 1 is 0.978 bits per heavy atom. The first-order valence-corrected chi connectivity index (χ1v) is 13.7. The van der Waals surface area contributed by atoms with Crippen LogP contribution in [0.3, 0.4) is 0 Å². The number of benzene rings is 2. The smallest absolute Gasteiger partial charge is 0.419 e. The number of fused-ring (bicyclic) bond motifs is 2. The fraction of sp³-hybridized carbons (Fsp3) is 0.290. The Hall–Kier alpha value is -4.95. The minimum absolute atomic E-state index is 0.0392. The van der Waals surface area contributed by atoms with Crippen LogP contribution in [0, 0.1) is 23.6 Å². The van der Waals surface area contributed by atoms with Crippen LogP contribution in [0.5, 0.6) is 5.88 Å². The molecule has 1 heterocycles. The van der Waals surface area contributed by atoms with Gasteiger partial charge < -0.3 is 20.5 Å². The monoisotopic (exact) mass is 651 g/mol. The molecule has 2 aromatic carbocycles. The number of carbonyl (C=O) groups excluding carboxylic acids is 2. The highest BCUT2D eigenvalue weighted by molar-refractivity contribution is 5.99. The van der Waals surface area contributed by atoms with Gasteiger partial charge >= 0.3 is 18.3 Å². The van der Waals surface area contributed by atoms with Crippen molar-refractivity contribution >= 4 is 23.5 Å². The highest BCUT2D eigenvalue weighted by Crippen LogP contribution is 2.54. The second-order valence-corrected chi connectivity index (χ2v) is 10.8. The third kappa shape index (κ3) is 6.53. The van der Waals surface area contributed by atoms with E-state index in [1.54, 1.807) is 6.07 Å². The van der Waals surface area contributed by atoms with E-state index in [0.717, 1.165) is 6.07 Å². The highest BCUT2D eigenvalue weighted by Gasteiger charge is 2.56. The molecular weight excluding hydrogens is 627 g/mol. The molecule has 5 rings (SSSR count). The van der Waals surface area contributed by atoms with Gasteiger partial charge in [-0.2, -0.15) is 26.3 Å². The van der Waals surface area contributed by atoms with Crippen LogP contribution >= 0.6 is 0 Å². The summed E-state index contributed by atoms with van der Waals surface area (Å²) >= 11 is 0. The van der Waals surface area contributed by atoms with Crippen LogP contribution in [-0.2, 0) is 11.0 Å². The van der Waals surface area contributed by atoms with E-state index in [4.69, 9.17) is 4.74 Å². The molecule has 8 nitrogen and oxygen atoms in total. The van der Waals surface area contributed by atoms with Gasteiger partial charge in [0.1, 0.15) is 11.4 Å². The standard InChI is InChI=1S/C31H24F7N3O5/c1-46-28-20(10-16(13-39-28)14-3-2-4-15(9-14)29(44)45)26(42)41-25-19-7-6-18(21(19)12-30(33,34)35)24(25)27(43)40-17-5-8-23(32)22(11-17)31(36,37)38/h2-5,8-13,18-19,24-25H,6-7H2,1H3,(H,40,43)(H,41,42)(H,44,45)/b21-12-/t18?,19?,24-,25+/m0/s1. The zero-order valence-corrected chi connectivity index (χ0v) is 23.7. The van der Waals surface area contributed by atoms with Crippen LogP contribution < -0.4 is 15.4 Å². The number of ether oxygens (including phenoxy) is 1. The number of carbonyl (C=O) groups is 3. The van der Waals surface area contributed by atoms with Crippen molar-refractivity contribution in [2.24, 2.45) is 17.8 Å². The molecule has 242 valence electrons. The van der Waals surface area contributed by atoms with E-state index in [2.05, 4.69) is 15.6 Å². The number of aromatic nitrogens is 1. The number of hydrogen-bond acceptors (Lipinski definition) is 5. The maximum Gasteiger partial charge on any atom is 0.419 e. The first kappa shape index (κ1) is 32.4. The van der Waals surface area contributed by atoms with Crippen molar-refractivity contribution in [3.63, 3.8) is 0 Å². The molecule has 2 bridgehead atoms. The lowest BCUT2D eigenvalue weighted by Crippen LogP contribution is -2.48. The lowest BCUT2D eigenvalue weighted by atomic mass is 9.83. The molecule has 0 saturated heterocycles. The van der Waals surface area contributed by atoms with Crippen molar-refractivity contribution in [2.45, 2.75) is 31.2 Å². The SMILES string of the molecule is COc1ncc(-c2cccc(C(=O)O)c2)cc1C(=O)N[C@@H]1C2CCC(/C2=C/C(F)(F)F)[C@@H]1C(=O)Nc1ccc(F)c(C(F)(F)F)c1. The summed E-state index contributed by atoms with van der Waals surface area (Å²) in [5.41, 5.74) is -1.72. The number of hydrogen-bond donors (Lipinski definition) is 3. The molecule has 3 N–H and O–H groups in total. The lowest BCUT2D eigenvalue weighted by Gasteiger charge is -2.30. The van der Waals surface area contributed by atoms with E-state index in [1.807, 2.05) is 0 Å². The molecule has 2 amide bonds. The van der Waals surface area contributed by atoms with E-state index < -0.39 is 71.0 Å². The summed E-state index contributed by atoms with van der Waals surface area (Å²) < 4.78 is 99.4. The normalized spacial score (nSPS) is 21.7. The lowest BCUT2D eigenvalue weighted by molar-refractivity contribution is -0.140. The molecule has 2 aliphatic carbocycles. The molecule has 0 radical (unpaired) electrons. The van der Waals surface area contributed by atoms with Gasteiger partial charge in [0.15, 0.2) is 0 Å². The number of allylic oxidation sites excluding steroid dienone is 1. The number of anilines is 1. The van der Waals surface area contributed by atoms with Crippen LogP contribution in [0.25, 0.3) is 11.1 Å². The summed E-state index contributed by atoms with van der Waals surface area (Å²) in [7, 11) is 1.22. The summed E-state index contributed by atoms with van der Waals surface area (Å²) in [6.45, 7) is 0. The van der Waals surface area contributed by atoms with Crippen LogP contribution in [0.15, 0.2) is 66.4 Å². The van der Waals surface area contributed by atoms with Crippen molar-refractivity contribution in [3.05, 3.63) is 88.9 Å². The largest absolute Gasteiger partial charge is 0.480 e. The Kier molecular flexibility index (Phi) is 8.53. The topological polar surface area (TPSA) is 118 Å². The number of carboxylic acid groups (broad SMARTS) is 1. The molecule has 4 atom stereocenters. The average Bonchev–Trinajstić information content (AvgIpc) is 3.50. The molecule has 0 spiro atoms. The fourth-order valence-electron chi connectivity index (χ4n) is 6.22. The summed E-state index contributed by atoms with van der Waals surface area (Å²) in [6, 6.07) is 7.65. The van der Waals surface area contributed by atoms with Gasteiger partial charge in [0.25, 0.3) is 5.91 Å². The van der Waals surface area contributed by atoms with Crippen LogP contribution in [-0.4, -0.2) is 47.2 Å². The number of pyridine rings is 1. The van der Waals surface area contributed by atoms with Gasteiger partial charge in [-0.3, -0.25) is 9.59 Å². The number of carboxylic acids is 1. The average molecular weight is 652 g/mol. The molecule has 2 aliphatic rings. The zero-order chi connectivity index (χ0) is 33.6. The van der Waals surface area contributed by atoms with E-state index >= 15 is 0 Å². The summed E-state index contributed by atoms with van der Waals surface area (Å²) in [6.07, 6.45) is -8.08. The Balaban J connectivity index is 1.49. The van der Waals surface area contributed by atoms with Crippen molar-refractivity contribution in [2.75, 3.05) is 12.4 Å². The van der Waals surface area contributed by atoms with Crippen LogP contribution in [0.4, 0.5) is 36.4 Å². The molecule has 15 heteroatoms. The summed E-state index contributed by atoms with van der Waals surface area (Å²) in [5.74, 6) is -8.03. The quantitative estimate of drug-likeness (QED) is 0.199. The van der Waals surface area contributed by atoms with E-state index in [1.165, 1.54) is 37.6 Å². The minimum Gasteiger partial charge on any atom is -0.480 e. The number of amides is 2. The third-order valence-electron chi connectivity index (χ3n) is 8.10. The number of nitrogens with zero attached hydrogens (tertiary/aromatic N) is 1. The van der Waals surface area contributed by atoms with E-state index in [9.17, 15) is 50.2 Å². The van der Waals surface area contributed by atoms with Crippen molar-refractivity contribution in [1.82, 2.24) is 10.3 Å². The number of nitrogens with one attached hydrogen (secondary N) is 2. The Morgan fingerprint density at radius 3 is 2.35 bits per heavy atom. The first-order valence-electron chi connectivity index (χ1n) is 13.7. The van der Waals surface area contributed by atoms with Gasteiger partial charge in [0, 0.05) is 35.5 Å². The second-order valence-electron chi connectivity index (χ2n) is 10.8.